The number of rotatable bonds is 8. The molecule has 0 bridgehead atoms. The number of aromatic nitrogens is 4. The highest BCUT2D eigenvalue weighted by atomic mass is 28.4. The Kier molecular flexibility index (Phi) is 7.95. The molecule has 0 amide bonds. The van der Waals surface area contributed by atoms with Gasteiger partial charge in [0.05, 0.1) is 22.2 Å². The average Bonchev–Trinajstić information content (AvgIpc) is 3.31. The third kappa shape index (κ3) is 6.39. The molecule has 8 heteroatoms. The predicted octanol–water partition coefficient (Wildman–Crippen LogP) is 7.66. The summed E-state index contributed by atoms with van der Waals surface area (Å²) in [5.74, 6) is 0.556. The summed E-state index contributed by atoms with van der Waals surface area (Å²) in [4.78, 5) is 1.69. The van der Waals surface area contributed by atoms with Gasteiger partial charge in [0, 0.05) is 5.69 Å². The van der Waals surface area contributed by atoms with Crippen molar-refractivity contribution in [3.63, 3.8) is 0 Å². The van der Waals surface area contributed by atoms with E-state index in [9.17, 15) is 4.39 Å². The molecule has 0 saturated heterocycles. The fourth-order valence-electron chi connectivity index (χ4n) is 5.50. The van der Waals surface area contributed by atoms with Gasteiger partial charge in [0.15, 0.2) is 5.82 Å². The number of nitrogens with zero attached hydrogens (tertiary/aromatic N) is 4. The number of tetrazole rings is 1. The zero-order chi connectivity index (χ0) is 25.9. The van der Waals surface area contributed by atoms with Gasteiger partial charge in [-0.3, -0.25) is 0 Å². The molecule has 1 unspecified atom stereocenters. The van der Waals surface area contributed by atoms with Crippen molar-refractivity contribution in [2.45, 2.75) is 83.5 Å². The molecule has 192 valence electrons. The Morgan fingerprint density at radius 3 is 2.11 bits per heavy atom. The van der Waals surface area contributed by atoms with Crippen molar-refractivity contribution < 1.29 is 4.39 Å². The van der Waals surface area contributed by atoms with Crippen LogP contribution < -0.4 is 5.32 Å². The zero-order valence-electron chi connectivity index (χ0n) is 22.6. The van der Waals surface area contributed by atoms with Crippen molar-refractivity contribution in [1.82, 2.24) is 20.2 Å². The molecule has 1 aliphatic rings. The Bertz CT molecular complexity index is 1150. The molecule has 1 heterocycles. The van der Waals surface area contributed by atoms with Gasteiger partial charge in [0.25, 0.3) is 0 Å². The van der Waals surface area contributed by atoms with E-state index >= 15 is 0 Å². The van der Waals surface area contributed by atoms with Gasteiger partial charge in [-0.25, -0.2) is 9.07 Å². The van der Waals surface area contributed by atoms with Crippen LogP contribution in [0.3, 0.4) is 0 Å². The number of nitrogens with one attached hydrogen (secondary N) is 1. The minimum Gasteiger partial charge on any atom is -0.371 e. The summed E-state index contributed by atoms with van der Waals surface area (Å²) in [6.07, 6.45) is 8.32. The minimum atomic E-state index is -1.42. The first kappa shape index (κ1) is 26.5. The van der Waals surface area contributed by atoms with E-state index in [0.717, 1.165) is 29.9 Å². The predicted molar refractivity (Wildman–Crippen MR) is 153 cm³/mol. The number of hydrogen-bond donors (Lipinski definition) is 1. The second-order valence-corrected chi connectivity index (χ2v) is 22.7. The van der Waals surface area contributed by atoms with Crippen LogP contribution in [-0.4, -0.2) is 36.4 Å². The molecule has 1 fully saturated rings. The maximum Gasteiger partial charge on any atom is 0.178 e. The normalized spacial score (nSPS) is 16.0. The summed E-state index contributed by atoms with van der Waals surface area (Å²) in [5.41, 5.74) is 3.17. The largest absolute Gasteiger partial charge is 0.371 e. The quantitative estimate of drug-likeness (QED) is 0.309. The molecule has 1 N–H and O–H groups in total. The SMILES string of the molecule is C[Si](C)(C)C(=Cc1ccc(C(Nc2ccc(F)cc2)c2nnnn2C2CCCCC2)cc1)[Si](C)(C)C. The van der Waals surface area contributed by atoms with Crippen molar-refractivity contribution in [2.75, 3.05) is 5.32 Å². The maximum atomic E-state index is 13.6. The second kappa shape index (κ2) is 10.8. The Balaban J connectivity index is 1.71. The van der Waals surface area contributed by atoms with E-state index in [1.54, 1.807) is 17.0 Å². The molecule has 3 aromatic rings. The second-order valence-electron chi connectivity index (χ2n) is 12.1. The summed E-state index contributed by atoms with van der Waals surface area (Å²) in [5, 5.41) is 16.5. The number of halogens is 1. The van der Waals surface area contributed by atoms with Crippen LogP contribution in [0.5, 0.6) is 0 Å². The Morgan fingerprint density at radius 1 is 0.917 bits per heavy atom. The van der Waals surface area contributed by atoms with Crippen molar-refractivity contribution in [3.8, 4) is 0 Å². The van der Waals surface area contributed by atoms with E-state index in [0.29, 0.717) is 6.04 Å². The molecule has 36 heavy (non-hydrogen) atoms. The van der Waals surface area contributed by atoms with Crippen LogP contribution in [0, 0.1) is 5.82 Å². The van der Waals surface area contributed by atoms with Crippen LogP contribution >= 0.6 is 0 Å². The van der Waals surface area contributed by atoms with Gasteiger partial charge in [-0.05, 0) is 58.7 Å². The molecule has 1 atom stereocenters. The molecule has 1 aliphatic carbocycles. The van der Waals surface area contributed by atoms with Crippen LogP contribution in [0.1, 0.15) is 61.1 Å². The summed E-state index contributed by atoms with van der Waals surface area (Å²) < 4.78 is 15.6. The van der Waals surface area contributed by atoms with Gasteiger partial charge in [-0.2, -0.15) is 0 Å². The standard InChI is InChI=1S/C28H40FN5Si2/c1-35(2,3)26(36(4,5)6)20-21-12-14-22(15-13-21)27(30-24-18-16-23(29)17-19-24)28-31-32-33-34(28)25-10-8-7-9-11-25/h12-20,25,27,30H,7-11H2,1-6H3. The fourth-order valence-corrected chi connectivity index (χ4v) is 15.7. The van der Waals surface area contributed by atoms with Crippen LogP contribution in [0.15, 0.2) is 53.4 Å². The van der Waals surface area contributed by atoms with E-state index in [4.69, 9.17) is 0 Å². The third-order valence-corrected chi connectivity index (χ3v) is 15.1. The Morgan fingerprint density at radius 2 is 1.53 bits per heavy atom. The van der Waals surface area contributed by atoms with Crippen LogP contribution in [0.4, 0.5) is 10.1 Å². The first-order chi connectivity index (χ1) is 17.0. The highest BCUT2D eigenvalue weighted by molar-refractivity contribution is 7.05. The number of hydrogen-bond acceptors (Lipinski definition) is 4. The fraction of sp³-hybridized carbons (Fsp3) is 0.464. The highest BCUT2D eigenvalue weighted by Crippen LogP contribution is 2.33. The lowest BCUT2D eigenvalue weighted by atomic mass is 9.95. The summed E-state index contributed by atoms with van der Waals surface area (Å²) in [7, 11) is -2.83. The van der Waals surface area contributed by atoms with Crippen LogP contribution in [-0.2, 0) is 0 Å². The molecule has 0 radical (unpaired) electrons. The van der Waals surface area contributed by atoms with E-state index < -0.39 is 16.1 Å². The summed E-state index contributed by atoms with van der Waals surface area (Å²) in [6, 6.07) is 15.4. The molecule has 0 spiro atoms. The van der Waals surface area contributed by atoms with Crippen molar-refractivity contribution >= 4 is 27.9 Å². The van der Waals surface area contributed by atoms with Gasteiger partial charge in [0.1, 0.15) is 11.9 Å². The lowest BCUT2D eigenvalue weighted by Gasteiger charge is -2.31. The first-order valence-electron chi connectivity index (χ1n) is 13.1. The van der Waals surface area contributed by atoms with E-state index in [-0.39, 0.29) is 11.9 Å². The first-order valence-corrected chi connectivity index (χ1v) is 20.1. The van der Waals surface area contributed by atoms with E-state index in [1.165, 1.54) is 37.0 Å². The molecule has 1 saturated carbocycles. The van der Waals surface area contributed by atoms with Crippen LogP contribution in [0.25, 0.3) is 6.08 Å². The molecule has 2 aromatic carbocycles. The minimum absolute atomic E-state index is 0.237. The van der Waals surface area contributed by atoms with Crippen molar-refractivity contribution in [3.05, 3.63) is 76.1 Å². The number of benzene rings is 2. The van der Waals surface area contributed by atoms with Gasteiger partial charge in [-0.15, -0.1) is 5.10 Å². The van der Waals surface area contributed by atoms with Crippen molar-refractivity contribution in [2.24, 2.45) is 0 Å². The molecular weight excluding hydrogens is 482 g/mol. The molecule has 4 rings (SSSR count). The van der Waals surface area contributed by atoms with Gasteiger partial charge >= 0.3 is 0 Å². The summed E-state index contributed by atoms with van der Waals surface area (Å²) >= 11 is 0. The number of anilines is 1. The van der Waals surface area contributed by atoms with E-state index in [2.05, 4.69) is 90.5 Å². The summed E-state index contributed by atoms with van der Waals surface area (Å²) in [6.45, 7) is 14.7. The monoisotopic (exact) mass is 521 g/mol. The third-order valence-electron chi connectivity index (χ3n) is 7.05. The Hall–Kier alpha value is -2.59. The van der Waals surface area contributed by atoms with Gasteiger partial charge < -0.3 is 5.32 Å². The van der Waals surface area contributed by atoms with Gasteiger partial charge in [-0.1, -0.05) is 93.7 Å². The molecule has 0 aliphatic heterocycles. The molecule has 5 nitrogen and oxygen atoms in total. The maximum absolute atomic E-state index is 13.6. The van der Waals surface area contributed by atoms with Crippen LogP contribution in [0.2, 0.25) is 39.3 Å². The Labute approximate surface area is 217 Å². The topological polar surface area (TPSA) is 55.6 Å². The van der Waals surface area contributed by atoms with Crippen molar-refractivity contribution in [1.29, 1.82) is 0 Å². The smallest absolute Gasteiger partial charge is 0.178 e. The highest BCUT2D eigenvalue weighted by Gasteiger charge is 2.31. The molecule has 1 aromatic heterocycles. The zero-order valence-corrected chi connectivity index (χ0v) is 24.6. The lowest BCUT2D eigenvalue weighted by molar-refractivity contribution is 0.315. The molecular formula is C28H40FN5Si2. The average molecular weight is 522 g/mol. The van der Waals surface area contributed by atoms with E-state index in [1.807, 2.05) is 4.68 Å². The lowest BCUT2D eigenvalue weighted by Crippen LogP contribution is -2.39. The van der Waals surface area contributed by atoms with Gasteiger partial charge in [0.2, 0.25) is 0 Å².